The molecule has 2 saturated carbocycles. The van der Waals surface area contributed by atoms with Crippen LogP contribution in [0, 0.1) is 48.3 Å². The van der Waals surface area contributed by atoms with Crippen molar-refractivity contribution in [3.63, 3.8) is 0 Å². The molecular weight excluding hydrogens is 347 g/mol. The molecule has 0 aliphatic heterocycles. The van der Waals surface area contributed by atoms with E-state index in [4.69, 9.17) is 0 Å². The molecule has 2 aliphatic carbocycles. The second kappa shape index (κ2) is 10.4. The molecule has 127 valence electrons. The standard InChI is InChI=1S/C17H31NO.C2H5.Y/c1-10-8-14(9-10)16-7-6-15(13(16)4)11(2)12(3)17(19)18-5;1-2;/h10-16H,6-9H2,1-5H3,(H,18,19);1H2,2H3;/q;-1;/p-1/t10?,11?,12?,13-,14?,15+,16+;;/m0../s1. The molecule has 0 aromatic rings. The van der Waals surface area contributed by atoms with Gasteiger partial charge < -0.3 is 17.0 Å². The Hall–Kier alpha value is 0.574. The summed E-state index contributed by atoms with van der Waals surface area (Å²) >= 11 is 0. The summed E-state index contributed by atoms with van der Waals surface area (Å²) in [7, 11) is 1.63. The summed E-state index contributed by atoms with van der Waals surface area (Å²) in [6, 6.07) is 0. The molecule has 1 radical (unpaired) electrons. The topological polar surface area (TPSA) is 31.2 Å². The quantitative estimate of drug-likeness (QED) is 0.604. The molecule has 2 rings (SSSR count). The van der Waals surface area contributed by atoms with Crippen molar-refractivity contribution in [2.45, 2.75) is 60.3 Å². The Labute approximate surface area is 163 Å². The van der Waals surface area contributed by atoms with Gasteiger partial charge in [-0.3, -0.25) is 0 Å². The molecule has 0 aromatic carbocycles. The average molecular weight is 382 g/mol. The summed E-state index contributed by atoms with van der Waals surface area (Å²) in [6.07, 6.45) is 5.58. The first-order chi connectivity index (χ1) is 9.95. The number of nitrogens with zero attached hydrogens (tertiary/aromatic N) is 1. The van der Waals surface area contributed by atoms with E-state index in [0.717, 1.165) is 29.6 Å². The maximum atomic E-state index is 11.8. The van der Waals surface area contributed by atoms with Crippen LogP contribution in [0.15, 0.2) is 0 Å². The number of carbonyl (C=O) groups is 1. The molecular formula is C19H35NOY-2. The summed E-state index contributed by atoms with van der Waals surface area (Å²) in [6.45, 7) is 14.1. The maximum absolute atomic E-state index is 11.8. The fourth-order valence-corrected chi connectivity index (χ4v) is 4.75. The van der Waals surface area contributed by atoms with E-state index in [1.807, 2.05) is 0 Å². The number of hydrogen-bond donors (Lipinski definition) is 0. The number of carbonyl (C=O) groups excluding carboxylic acids is 1. The van der Waals surface area contributed by atoms with Crippen LogP contribution in [0.5, 0.6) is 0 Å². The molecule has 2 fully saturated rings. The fourth-order valence-electron chi connectivity index (χ4n) is 4.75. The largest absolute Gasteiger partial charge is 0.656 e. The first-order valence-corrected chi connectivity index (χ1v) is 8.80. The molecule has 0 heterocycles. The Kier molecular flexibility index (Phi) is 10.7. The van der Waals surface area contributed by atoms with Gasteiger partial charge in [-0.25, -0.2) is 0 Å². The minimum Gasteiger partial charge on any atom is -0.656 e. The molecule has 2 unspecified atom stereocenters. The molecule has 2 aliphatic rings. The molecule has 22 heavy (non-hydrogen) atoms. The van der Waals surface area contributed by atoms with Gasteiger partial charge in [-0.15, -0.1) is 7.05 Å². The van der Waals surface area contributed by atoms with Crippen LogP contribution in [-0.4, -0.2) is 13.0 Å². The van der Waals surface area contributed by atoms with Crippen LogP contribution in [0.1, 0.15) is 60.3 Å². The van der Waals surface area contributed by atoms with Crippen LogP contribution in [0.3, 0.4) is 0 Å². The number of rotatable bonds is 4. The second-order valence-corrected chi connectivity index (χ2v) is 7.31. The van der Waals surface area contributed by atoms with Crippen molar-refractivity contribution in [1.82, 2.24) is 0 Å². The van der Waals surface area contributed by atoms with E-state index >= 15 is 0 Å². The van der Waals surface area contributed by atoms with Gasteiger partial charge in [0.15, 0.2) is 0 Å². The normalized spacial score (nSPS) is 36.0. The van der Waals surface area contributed by atoms with E-state index in [9.17, 15) is 4.79 Å². The Morgan fingerprint density at radius 2 is 1.68 bits per heavy atom. The minimum absolute atomic E-state index is 0. The Morgan fingerprint density at radius 3 is 2.14 bits per heavy atom. The second-order valence-electron chi connectivity index (χ2n) is 7.31. The summed E-state index contributed by atoms with van der Waals surface area (Å²) in [5, 5.41) is 3.86. The van der Waals surface area contributed by atoms with Gasteiger partial charge in [0, 0.05) is 38.6 Å². The van der Waals surface area contributed by atoms with Crippen LogP contribution in [0.2, 0.25) is 0 Å². The summed E-state index contributed by atoms with van der Waals surface area (Å²) in [4.78, 5) is 11.8. The zero-order valence-corrected chi connectivity index (χ0v) is 18.3. The first kappa shape index (κ1) is 22.6. The fraction of sp³-hybridized carbons (Fsp3) is 0.895. The van der Waals surface area contributed by atoms with E-state index in [2.05, 4.69) is 39.9 Å². The smallest absolute Gasteiger partial charge is 0.0541 e. The van der Waals surface area contributed by atoms with Crippen molar-refractivity contribution in [1.29, 1.82) is 0 Å². The monoisotopic (exact) mass is 382 g/mol. The van der Waals surface area contributed by atoms with Gasteiger partial charge in [-0.1, -0.05) is 27.7 Å². The van der Waals surface area contributed by atoms with E-state index in [1.54, 1.807) is 14.0 Å². The van der Waals surface area contributed by atoms with E-state index in [0.29, 0.717) is 5.92 Å². The van der Waals surface area contributed by atoms with Gasteiger partial charge in [0.25, 0.3) is 0 Å². The molecule has 5 atom stereocenters. The van der Waals surface area contributed by atoms with Crippen LogP contribution in [0.25, 0.3) is 5.32 Å². The van der Waals surface area contributed by atoms with Gasteiger partial charge in [0.1, 0.15) is 0 Å². The van der Waals surface area contributed by atoms with Crippen LogP contribution in [0.4, 0.5) is 0 Å². The van der Waals surface area contributed by atoms with Crippen LogP contribution in [-0.2, 0) is 37.5 Å². The molecule has 3 heteroatoms. The SMILES string of the molecule is C[N-]C(=O)C(C)C(C)[C@H]1CC[C@@H](C2CC(C)C2)[C@H]1C.[CH2-]C.[Y]. The Bertz CT molecular complexity index is 327. The van der Waals surface area contributed by atoms with Crippen LogP contribution >= 0.6 is 0 Å². The van der Waals surface area contributed by atoms with Crippen molar-refractivity contribution in [3.05, 3.63) is 12.2 Å². The first-order valence-electron chi connectivity index (χ1n) is 8.80. The van der Waals surface area contributed by atoms with E-state index < -0.39 is 0 Å². The predicted octanol–water partition coefficient (Wildman–Crippen LogP) is 5.33. The van der Waals surface area contributed by atoms with E-state index in [-0.39, 0.29) is 44.5 Å². The molecule has 0 N–H and O–H groups in total. The van der Waals surface area contributed by atoms with Crippen LogP contribution < -0.4 is 0 Å². The molecule has 2 nitrogen and oxygen atoms in total. The zero-order chi connectivity index (χ0) is 16.2. The Balaban J connectivity index is 0.00000141. The average Bonchev–Trinajstić information content (AvgIpc) is 2.85. The summed E-state index contributed by atoms with van der Waals surface area (Å²) in [5.41, 5.74) is 0. The zero-order valence-electron chi connectivity index (χ0n) is 15.5. The molecule has 0 bridgehead atoms. The van der Waals surface area contributed by atoms with Gasteiger partial charge in [-0.2, -0.15) is 6.92 Å². The van der Waals surface area contributed by atoms with Crippen molar-refractivity contribution in [2.24, 2.45) is 41.4 Å². The molecule has 1 amide bonds. The molecule has 0 spiro atoms. The number of amides is 1. The minimum atomic E-state index is 0. The van der Waals surface area contributed by atoms with Gasteiger partial charge in [0.2, 0.25) is 0 Å². The summed E-state index contributed by atoms with van der Waals surface area (Å²) in [5.74, 6) is 5.02. The summed E-state index contributed by atoms with van der Waals surface area (Å²) < 4.78 is 0. The third-order valence-corrected chi connectivity index (χ3v) is 6.27. The maximum Gasteiger partial charge on any atom is 0.0541 e. The third kappa shape index (κ3) is 5.03. The molecule has 0 saturated heterocycles. The van der Waals surface area contributed by atoms with Gasteiger partial charge in [0.05, 0.1) is 5.91 Å². The number of hydrogen-bond acceptors (Lipinski definition) is 1. The van der Waals surface area contributed by atoms with Crippen molar-refractivity contribution in [3.8, 4) is 0 Å². The molecule has 0 aromatic heterocycles. The van der Waals surface area contributed by atoms with Crippen molar-refractivity contribution < 1.29 is 37.5 Å². The van der Waals surface area contributed by atoms with Crippen molar-refractivity contribution >= 4 is 5.91 Å². The van der Waals surface area contributed by atoms with Gasteiger partial charge >= 0.3 is 0 Å². The van der Waals surface area contributed by atoms with Crippen molar-refractivity contribution in [2.75, 3.05) is 7.05 Å². The van der Waals surface area contributed by atoms with E-state index in [1.165, 1.54) is 25.7 Å². The third-order valence-electron chi connectivity index (χ3n) is 6.27. The Morgan fingerprint density at radius 1 is 1.14 bits per heavy atom. The van der Waals surface area contributed by atoms with Gasteiger partial charge in [-0.05, 0) is 61.2 Å². The predicted molar refractivity (Wildman–Crippen MR) is 90.9 cm³/mol.